The number of aromatic nitrogens is 2. The Morgan fingerprint density at radius 1 is 1.50 bits per heavy atom. The summed E-state index contributed by atoms with van der Waals surface area (Å²) in [6.07, 6.45) is 2.45. The first-order valence-corrected chi connectivity index (χ1v) is 7.88. The number of thioether (sulfide) groups is 1. The van der Waals surface area contributed by atoms with Crippen molar-refractivity contribution in [2.45, 2.75) is 24.6 Å². The molecule has 1 aromatic heterocycles. The first kappa shape index (κ1) is 17.0. The zero-order chi connectivity index (χ0) is 15.0. The van der Waals surface area contributed by atoms with Gasteiger partial charge in [-0.05, 0) is 12.7 Å². The fourth-order valence-corrected chi connectivity index (χ4v) is 2.07. The van der Waals surface area contributed by atoms with Crippen LogP contribution in [0.5, 0.6) is 0 Å². The van der Waals surface area contributed by atoms with Crippen LogP contribution in [0.2, 0.25) is 0 Å². The number of nitrogens with zero attached hydrogens (tertiary/aromatic N) is 3. The molecule has 114 valence electrons. The SMILES string of the molecule is CCCNc1cc(N(C)CC(O)COC)nc(SC)n1. The van der Waals surface area contributed by atoms with Gasteiger partial charge in [0.15, 0.2) is 5.16 Å². The molecule has 2 N–H and O–H groups in total. The van der Waals surface area contributed by atoms with E-state index in [-0.39, 0.29) is 0 Å². The van der Waals surface area contributed by atoms with Crippen LogP contribution in [-0.4, -0.2) is 61.3 Å². The molecule has 0 aliphatic rings. The first-order chi connectivity index (χ1) is 9.60. The van der Waals surface area contributed by atoms with Crippen LogP contribution in [0.15, 0.2) is 11.2 Å². The Morgan fingerprint density at radius 3 is 2.85 bits per heavy atom. The Balaban J connectivity index is 2.80. The lowest BCUT2D eigenvalue weighted by Crippen LogP contribution is -2.32. The number of rotatable bonds is 9. The van der Waals surface area contributed by atoms with E-state index in [9.17, 15) is 5.11 Å². The predicted molar refractivity (Wildman–Crippen MR) is 83.7 cm³/mol. The third-order valence-electron chi connectivity index (χ3n) is 2.67. The summed E-state index contributed by atoms with van der Waals surface area (Å²) in [4.78, 5) is 10.8. The van der Waals surface area contributed by atoms with Crippen molar-refractivity contribution in [3.63, 3.8) is 0 Å². The monoisotopic (exact) mass is 300 g/mol. The molecule has 0 amide bonds. The average Bonchev–Trinajstić information content (AvgIpc) is 2.44. The van der Waals surface area contributed by atoms with Crippen molar-refractivity contribution >= 4 is 23.4 Å². The molecule has 0 aliphatic heterocycles. The normalized spacial score (nSPS) is 12.2. The fourth-order valence-electron chi connectivity index (χ4n) is 1.70. The highest BCUT2D eigenvalue weighted by Gasteiger charge is 2.12. The summed E-state index contributed by atoms with van der Waals surface area (Å²) in [5.41, 5.74) is 0. The summed E-state index contributed by atoms with van der Waals surface area (Å²) in [6, 6.07) is 1.90. The summed E-state index contributed by atoms with van der Waals surface area (Å²) in [6.45, 7) is 3.76. The zero-order valence-corrected chi connectivity index (χ0v) is 13.4. The molecule has 0 saturated heterocycles. The minimum atomic E-state index is -0.537. The number of hydrogen-bond donors (Lipinski definition) is 2. The van der Waals surface area contributed by atoms with Gasteiger partial charge in [0.25, 0.3) is 0 Å². The highest BCUT2D eigenvalue weighted by Crippen LogP contribution is 2.19. The van der Waals surface area contributed by atoms with Crippen molar-refractivity contribution in [2.75, 3.05) is 50.3 Å². The van der Waals surface area contributed by atoms with Crippen molar-refractivity contribution in [3.05, 3.63) is 6.07 Å². The average molecular weight is 300 g/mol. The van der Waals surface area contributed by atoms with Crippen LogP contribution in [0.25, 0.3) is 0 Å². The molecule has 20 heavy (non-hydrogen) atoms. The molecule has 0 aromatic carbocycles. The molecule has 0 spiro atoms. The van der Waals surface area contributed by atoms with Gasteiger partial charge in [-0.15, -0.1) is 0 Å². The smallest absolute Gasteiger partial charge is 0.191 e. The van der Waals surface area contributed by atoms with Gasteiger partial charge in [-0.1, -0.05) is 18.7 Å². The summed E-state index contributed by atoms with van der Waals surface area (Å²) < 4.78 is 4.94. The summed E-state index contributed by atoms with van der Waals surface area (Å²) in [7, 11) is 3.47. The highest BCUT2D eigenvalue weighted by molar-refractivity contribution is 7.98. The van der Waals surface area contributed by atoms with Crippen molar-refractivity contribution in [3.8, 4) is 0 Å². The van der Waals surface area contributed by atoms with Gasteiger partial charge in [0, 0.05) is 33.3 Å². The Hall–Kier alpha value is -1.05. The Labute approximate surface area is 124 Å². The third-order valence-corrected chi connectivity index (χ3v) is 3.21. The molecule has 1 unspecified atom stereocenters. The quantitative estimate of drug-likeness (QED) is 0.528. The van der Waals surface area contributed by atoms with E-state index < -0.39 is 6.10 Å². The molecule has 7 heteroatoms. The standard InChI is InChI=1S/C13H24N4O2S/c1-5-6-14-11-7-12(16-13(15-11)20-4)17(2)8-10(18)9-19-3/h7,10,18H,5-6,8-9H2,1-4H3,(H,14,15,16). The minimum absolute atomic E-state index is 0.311. The van der Waals surface area contributed by atoms with E-state index in [2.05, 4.69) is 22.2 Å². The second-order valence-corrected chi connectivity index (χ2v) is 5.29. The van der Waals surface area contributed by atoms with E-state index in [0.717, 1.165) is 24.6 Å². The number of methoxy groups -OCH3 is 1. The van der Waals surface area contributed by atoms with E-state index >= 15 is 0 Å². The molecule has 1 rings (SSSR count). The summed E-state index contributed by atoms with van der Waals surface area (Å²) in [5.74, 6) is 1.60. The molecule has 0 aliphatic carbocycles. The predicted octanol–water partition coefficient (Wildman–Crippen LogP) is 1.46. The zero-order valence-electron chi connectivity index (χ0n) is 12.6. The van der Waals surface area contributed by atoms with Gasteiger partial charge in [-0.3, -0.25) is 0 Å². The van der Waals surface area contributed by atoms with E-state index in [1.165, 1.54) is 11.8 Å². The number of ether oxygens (including phenoxy) is 1. The lowest BCUT2D eigenvalue weighted by Gasteiger charge is -2.22. The van der Waals surface area contributed by atoms with Crippen LogP contribution in [0.3, 0.4) is 0 Å². The molecule has 1 atom stereocenters. The number of anilines is 2. The van der Waals surface area contributed by atoms with Crippen molar-refractivity contribution in [2.24, 2.45) is 0 Å². The van der Waals surface area contributed by atoms with Crippen molar-refractivity contribution in [1.82, 2.24) is 9.97 Å². The minimum Gasteiger partial charge on any atom is -0.389 e. The Morgan fingerprint density at radius 2 is 2.25 bits per heavy atom. The third kappa shape index (κ3) is 5.52. The van der Waals surface area contributed by atoms with E-state index in [1.54, 1.807) is 7.11 Å². The maximum Gasteiger partial charge on any atom is 0.191 e. The van der Waals surface area contributed by atoms with Crippen LogP contribution < -0.4 is 10.2 Å². The van der Waals surface area contributed by atoms with Crippen LogP contribution in [0.4, 0.5) is 11.6 Å². The summed E-state index contributed by atoms with van der Waals surface area (Å²) in [5, 5.41) is 13.8. The van der Waals surface area contributed by atoms with Crippen molar-refractivity contribution in [1.29, 1.82) is 0 Å². The number of likely N-dealkylation sites (N-methyl/N-ethyl adjacent to an activating group) is 1. The first-order valence-electron chi connectivity index (χ1n) is 6.65. The lowest BCUT2D eigenvalue weighted by molar-refractivity contribution is 0.0694. The van der Waals surface area contributed by atoms with Crippen LogP contribution in [0, 0.1) is 0 Å². The Bertz CT molecular complexity index is 406. The maximum absolute atomic E-state index is 9.79. The molecule has 6 nitrogen and oxygen atoms in total. The maximum atomic E-state index is 9.79. The van der Waals surface area contributed by atoms with E-state index in [4.69, 9.17) is 4.74 Å². The van der Waals surface area contributed by atoms with Gasteiger partial charge in [-0.25, -0.2) is 9.97 Å². The number of aliphatic hydroxyl groups excluding tert-OH is 1. The number of aliphatic hydroxyl groups is 1. The Kier molecular flexibility index (Phi) is 7.64. The molecule has 0 bridgehead atoms. The molecule has 1 aromatic rings. The second-order valence-electron chi connectivity index (χ2n) is 4.51. The van der Waals surface area contributed by atoms with Crippen LogP contribution in [-0.2, 0) is 4.74 Å². The topological polar surface area (TPSA) is 70.5 Å². The molecular weight excluding hydrogens is 276 g/mol. The number of hydrogen-bond acceptors (Lipinski definition) is 7. The van der Waals surface area contributed by atoms with Gasteiger partial charge in [0.05, 0.1) is 12.7 Å². The second kappa shape index (κ2) is 8.99. The van der Waals surface area contributed by atoms with Crippen LogP contribution >= 0.6 is 11.8 Å². The lowest BCUT2D eigenvalue weighted by atomic mass is 10.3. The van der Waals surface area contributed by atoms with Crippen molar-refractivity contribution < 1.29 is 9.84 Å². The molecule has 0 radical (unpaired) electrons. The molecular formula is C13H24N4O2S. The van der Waals surface area contributed by atoms with E-state index in [0.29, 0.717) is 18.3 Å². The molecule has 0 saturated carbocycles. The van der Waals surface area contributed by atoms with Crippen LogP contribution in [0.1, 0.15) is 13.3 Å². The fraction of sp³-hybridized carbons (Fsp3) is 0.692. The molecule has 0 fully saturated rings. The van der Waals surface area contributed by atoms with Gasteiger partial charge < -0.3 is 20.1 Å². The van der Waals surface area contributed by atoms with Gasteiger partial charge >= 0.3 is 0 Å². The van der Waals surface area contributed by atoms with Gasteiger partial charge in [0.1, 0.15) is 11.6 Å². The number of nitrogens with one attached hydrogen (secondary N) is 1. The van der Waals surface area contributed by atoms with Gasteiger partial charge in [0.2, 0.25) is 0 Å². The largest absolute Gasteiger partial charge is 0.389 e. The highest BCUT2D eigenvalue weighted by atomic mass is 32.2. The van der Waals surface area contributed by atoms with Gasteiger partial charge in [-0.2, -0.15) is 0 Å². The van der Waals surface area contributed by atoms with E-state index in [1.807, 2.05) is 24.3 Å². The molecule has 1 heterocycles. The summed E-state index contributed by atoms with van der Waals surface area (Å²) >= 11 is 1.50.